The van der Waals surface area contributed by atoms with Gasteiger partial charge in [0.05, 0.1) is 5.56 Å². The van der Waals surface area contributed by atoms with E-state index in [-0.39, 0.29) is 22.1 Å². The van der Waals surface area contributed by atoms with Crippen LogP contribution in [0.25, 0.3) is 6.08 Å². The third-order valence-electron chi connectivity index (χ3n) is 4.01. The third kappa shape index (κ3) is 5.88. The van der Waals surface area contributed by atoms with E-state index in [0.29, 0.717) is 11.3 Å². The molecule has 0 saturated carbocycles. The molecule has 3 aromatic carbocycles. The predicted octanol–water partition coefficient (Wildman–Crippen LogP) is 5.47. The second-order valence-electron chi connectivity index (χ2n) is 6.09. The van der Waals surface area contributed by atoms with Gasteiger partial charge in [-0.1, -0.05) is 47.0 Å². The van der Waals surface area contributed by atoms with Crippen LogP contribution < -0.4 is 15.5 Å². The number of halogens is 3. The lowest BCUT2D eigenvalue weighted by Gasteiger charge is -2.13. The van der Waals surface area contributed by atoms with Crippen molar-refractivity contribution < 1.29 is 28.3 Å². The average molecular weight is 445 g/mol. The van der Waals surface area contributed by atoms with Crippen LogP contribution in [-0.2, 0) is 9.84 Å². The zero-order valence-electron chi connectivity index (χ0n) is 15.8. The molecule has 3 aromatic rings. The Bertz CT molecular complexity index is 1140. The largest absolute Gasteiger partial charge is 0.453 e. The highest BCUT2D eigenvalue weighted by Gasteiger charge is 2.15. The molecule has 0 unspecified atom stereocenters. The highest BCUT2D eigenvalue weighted by Crippen LogP contribution is 2.30. The first-order chi connectivity index (χ1) is 15.0. The van der Waals surface area contributed by atoms with Gasteiger partial charge in [0.2, 0.25) is 0 Å². The van der Waals surface area contributed by atoms with Gasteiger partial charge < -0.3 is 10.1 Å². The number of ether oxygens (including phenoxy) is 1. The Morgan fingerprint density at radius 3 is 2.48 bits per heavy atom. The van der Waals surface area contributed by atoms with E-state index in [2.05, 4.69) is 10.4 Å². The van der Waals surface area contributed by atoms with Crippen molar-refractivity contribution in [2.24, 2.45) is 0 Å². The summed E-state index contributed by atoms with van der Waals surface area (Å²) in [5.74, 6) is -1.98. The molecule has 0 aliphatic carbocycles. The van der Waals surface area contributed by atoms with Crippen molar-refractivity contribution >= 4 is 35.2 Å². The summed E-state index contributed by atoms with van der Waals surface area (Å²) in [4.78, 5) is 24.2. The lowest BCUT2D eigenvalue weighted by atomic mass is 10.1. The van der Waals surface area contributed by atoms with Gasteiger partial charge in [0, 0.05) is 16.8 Å². The van der Waals surface area contributed by atoms with Crippen LogP contribution in [0.1, 0.15) is 15.9 Å². The third-order valence-corrected chi connectivity index (χ3v) is 4.24. The van der Waals surface area contributed by atoms with Crippen LogP contribution in [0.2, 0.25) is 5.02 Å². The Balaban J connectivity index is 1.83. The quantitative estimate of drug-likeness (QED) is 0.374. The number of hydroxylamine groups is 1. The zero-order chi connectivity index (χ0) is 22.2. The maximum absolute atomic E-state index is 14.1. The summed E-state index contributed by atoms with van der Waals surface area (Å²) >= 11 is 5.75. The van der Waals surface area contributed by atoms with E-state index in [1.165, 1.54) is 35.8 Å². The molecule has 9 heteroatoms. The van der Waals surface area contributed by atoms with E-state index >= 15 is 0 Å². The molecule has 0 bridgehead atoms. The van der Waals surface area contributed by atoms with Gasteiger partial charge in [0.15, 0.2) is 11.6 Å². The van der Waals surface area contributed by atoms with Crippen molar-refractivity contribution in [3.63, 3.8) is 0 Å². The molecule has 2 amide bonds. The minimum absolute atomic E-state index is 0.0888. The Kier molecular flexibility index (Phi) is 7.31. The van der Waals surface area contributed by atoms with Gasteiger partial charge >= 0.3 is 0 Å². The SMILES string of the molecule is O=C(/C=C/c1ccccc1NC(=O)c1ccccc1Oc1ccc(Cl)cc1F)NOF. The molecule has 0 aromatic heterocycles. The molecule has 0 radical (unpaired) electrons. The van der Waals surface area contributed by atoms with Crippen LogP contribution in [0.4, 0.5) is 14.6 Å². The van der Waals surface area contributed by atoms with E-state index < -0.39 is 17.6 Å². The molecule has 31 heavy (non-hydrogen) atoms. The predicted molar refractivity (Wildman–Crippen MR) is 112 cm³/mol. The van der Waals surface area contributed by atoms with Gasteiger partial charge in [0.1, 0.15) is 5.75 Å². The summed E-state index contributed by atoms with van der Waals surface area (Å²) in [6, 6.07) is 16.9. The van der Waals surface area contributed by atoms with Crippen molar-refractivity contribution in [2.75, 3.05) is 5.32 Å². The van der Waals surface area contributed by atoms with Crippen LogP contribution in [-0.4, -0.2) is 11.8 Å². The van der Waals surface area contributed by atoms with Crippen molar-refractivity contribution in [2.45, 2.75) is 0 Å². The molecule has 0 heterocycles. The minimum atomic E-state index is -0.827. The van der Waals surface area contributed by atoms with Crippen LogP contribution in [0, 0.1) is 5.82 Å². The van der Waals surface area contributed by atoms with Gasteiger partial charge in [-0.2, -0.15) is 5.48 Å². The summed E-state index contributed by atoms with van der Waals surface area (Å²) in [5, 5.41) is 5.98. The van der Waals surface area contributed by atoms with Gasteiger partial charge in [-0.05, 0) is 52.6 Å². The van der Waals surface area contributed by atoms with E-state index in [9.17, 15) is 18.5 Å². The maximum Gasteiger partial charge on any atom is 0.270 e. The average Bonchev–Trinajstić information content (AvgIpc) is 2.75. The standard InChI is InChI=1S/C22H15ClF2N2O4/c23-15-10-11-20(17(24)13-15)30-19-8-4-2-6-16(19)22(29)26-18-7-3-1-5-14(18)9-12-21(28)27-31-25/h1-13H,(H,26,29)(H,27,28)/b12-9+. The van der Waals surface area contributed by atoms with Crippen LogP contribution in [0.5, 0.6) is 11.5 Å². The summed E-state index contributed by atoms with van der Waals surface area (Å²) in [7, 11) is 0. The van der Waals surface area contributed by atoms with Crippen molar-refractivity contribution in [1.82, 2.24) is 5.48 Å². The number of para-hydroxylation sites is 2. The first-order valence-electron chi connectivity index (χ1n) is 8.86. The zero-order valence-corrected chi connectivity index (χ0v) is 16.5. The molecule has 0 aliphatic rings. The fourth-order valence-electron chi connectivity index (χ4n) is 2.60. The first kappa shape index (κ1) is 21.9. The highest BCUT2D eigenvalue weighted by atomic mass is 35.5. The van der Waals surface area contributed by atoms with Crippen LogP contribution >= 0.6 is 11.6 Å². The number of rotatable bonds is 7. The Morgan fingerprint density at radius 2 is 1.71 bits per heavy atom. The second kappa shape index (κ2) is 10.3. The molecule has 0 spiro atoms. The van der Waals surface area contributed by atoms with E-state index in [0.717, 1.165) is 12.1 Å². The van der Waals surface area contributed by atoms with E-state index in [1.54, 1.807) is 36.4 Å². The highest BCUT2D eigenvalue weighted by molar-refractivity contribution is 6.30. The van der Waals surface area contributed by atoms with Gasteiger partial charge in [-0.15, -0.1) is 0 Å². The minimum Gasteiger partial charge on any atom is -0.453 e. The molecular weight excluding hydrogens is 430 g/mol. The van der Waals surface area contributed by atoms with Gasteiger partial charge in [0.25, 0.3) is 11.8 Å². The topological polar surface area (TPSA) is 76.7 Å². The number of benzene rings is 3. The molecule has 6 nitrogen and oxygen atoms in total. The molecule has 0 saturated heterocycles. The molecular formula is C22H15ClF2N2O4. The number of hydrogen-bond acceptors (Lipinski definition) is 4. The van der Waals surface area contributed by atoms with E-state index in [4.69, 9.17) is 16.3 Å². The van der Waals surface area contributed by atoms with Crippen molar-refractivity contribution in [3.8, 4) is 11.5 Å². The number of hydrogen-bond donors (Lipinski definition) is 2. The molecule has 2 N–H and O–H groups in total. The summed E-state index contributed by atoms with van der Waals surface area (Å²) in [5.41, 5.74) is 2.52. The Labute approximate surface area is 180 Å². The molecule has 3 rings (SSSR count). The number of anilines is 1. The van der Waals surface area contributed by atoms with E-state index in [1.807, 2.05) is 0 Å². The fraction of sp³-hybridized carbons (Fsp3) is 0. The molecule has 0 aliphatic heterocycles. The second-order valence-corrected chi connectivity index (χ2v) is 6.53. The molecule has 0 fully saturated rings. The number of amides is 2. The lowest BCUT2D eigenvalue weighted by Crippen LogP contribution is -2.17. The van der Waals surface area contributed by atoms with Crippen molar-refractivity contribution in [1.29, 1.82) is 0 Å². The van der Waals surface area contributed by atoms with Gasteiger partial charge in [-0.25, -0.2) is 4.39 Å². The summed E-state index contributed by atoms with van der Waals surface area (Å²) in [6.07, 6.45) is 2.40. The lowest BCUT2D eigenvalue weighted by molar-refractivity contribution is -0.195. The smallest absolute Gasteiger partial charge is 0.270 e. The fourth-order valence-corrected chi connectivity index (χ4v) is 2.76. The number of carbonyl (C=O) groups is 2. The Hall–Kier alpha value is -3.75. The molecule has 158 valence electrons. The monoisotopic (exact) mass is 444 g/mol. The van der Waals surface area contributed by atoms with Gasteiger partial charge in [-0.3, -0.25) is 9.59 Å². The van der Waals surface area contributed by atoms with Crippen LogP contribution in [0.3, 0.4) is 0 Å². The number of nitrogens with one attached hydrogen (secondary N) is 2. The summed E-state index contributed by atoms with van der Waals surface area (Å²) < 4.78 is 31.4. The normalized spacial score (nSPS) is 10.7. The maximum atomic E-state index is 14.1. The summed E-state index contributed by atoms with van der Waals surface area (Å²) in [6.45, 7) is 0. The van der Waals surface area contributed by atoms with Crippen molar-refractivity contribution in [3.05, 3.63) is 94.8 Å². The Morgan fingerprint density at radius 1 is 0.968 bits per heavy atom. The number of carbonyl (C=O) groups excluding carboxylic acids is 2. The van der Waals surface area contributed by atoms with Crippen LogP contribution in [0.15, 0.2) is 72.8 Å². The first-order valence-corrected chi connectivity index (χ1v) is 9.23. The molecule has 0 atom stereocenters.